The van der Waals surface area contributed by atoms with E-state index in [9.17, 15) is 0 Å². The fraction of sp³-hybridized carbons (Fsp3) is 0.476. The molecule has 0 bridgehead atoms. The molecular formula is C21H29N7OS. The first-order valence-electron chi connectivity index (χ1n) is 10.4. The summed E-state index contributed by atoms with van der Waals surface area (Å²) in [7, 11) is 1.96. The quantitative estimate of drug-likeness (QED) is 0.425. The predicted molar refractivity (Wildman–Crippen MR) is 118 cm³/mol. The Morgan fingerprint density at radius 3 is 2.77 bits per heavy atom. The van der Waals surface area contributed by atoms with Gasteiger partial charge in [-0.3, -0.25) is 4.90 Å². The number of aliphatic imine (C=N–C) groups is 1. The van der Waals surface area contributed by atoms with Gasteiger partial charge in [-0.1, -0.05) is 6.07 Å². The largest absolute Gasteiger partial charge is 0.468 e. The molecule has 1 aliphatic heterocycles. The minimum Gasteiger partial charge on any atom is -0.468 e. The minimum atomic E-state index is 0.188. The van der Waals surface area contributed by atoms with E-state index < -0.39 is 0 Å². The number of hydrogen-bond acceptors (Lipinski definition) is 6. The summed E-state index contributed by atoms with van der Waals surface area (Å²) in [5.41, 5.74) is 0. The van der Waals surface area contributed by atoms with E-state index in [1.165, 1.54) is 17.7 Å². The molecule has 0 spiro atoms. The van der Waals surface area contributed by atoms with Gasteiger partial charge in [-0.2, -0.15) is 0 Å². The second-order valence-electron chi connectivity index (χ2n) is 7.48. The molecule has 9 heteroatoms. The van der Waals surface area contributed by atoms with Crippen LogP contribution < -0.4 is 10.6 Å². The molecule has 0 amide bonds. The molecular weight excluding hydrogens is 398 g/mol. The highest BCUT2D eigenvalue weighted by Crippen LogP contribution is 2.24. The van der Waals surface area contributed by atoms with E-state index in [0.29, 0.717) is 6.54 Å². The minimum absolute atomic E-state index is 0.188. The lowest BCUT2D eigenvalue weighted by Crippen LogP contribution is -2.42. The van der Waals surface area contributed by atoms with E-state index in [1.807, 2.05) is 24.6 Å². The number of aromatic nitrogens is 3. The van der Waals surface area contributed by atoms with E-state index in [1.54, 1.807) is 17.6 Å². The number of guanidine groups is 1. The van der Waals surface area contributed by atoms with Crippen LogP contribution >= 0.6 is 11.3 Å². The number of thiophene rings is 1. The third-order valence-corrected chi connectivity index (χ3v) is 6.36. The number of aryl methyl sites for hydroxylation is 1. The van der Waals surface area contributed by atoms with Gasteiger partial charge in [-0.05, 0) is 56.4 Å². The molecule has 8 nitrogen and oxygen atoms in total. The van der Waals surface area contributed by atoms with Crippen LogP contribution in [-0.2, 0) is 20.1 Å². The van der Waals surface area contributed by atoms with E-state index in [4.69, 9.17) is 9.41 Å². The Balaban J connectivity index is 1.46. The predicted octanol–water partition coefficient (Wildman–Crippen LogP) is 2.85. The highest BCUT2D eigenvalue weighted by Gasteiger charge is 2.25. The van der Waals surface area contributed by atoms with Gasteiger partial charge in [-0.25, -0.2) is 4.99 Å². The molecule has 4 heterocycles. The Labute approximate surface area is 181 Å². The van der Waals surface area contributed by atoms with Gasteiger partial charge in [-0.15, -0.1) is 21.5 Å². The summed E-state index contributed by atoms with van der Waals surface area (Å²) in [4.78, 5) is 8.52. The first-order valence-corrected chi connectivity index (χ1v) is 11.3. The molecule has 160 valence electrons. The SMILES string of the molecule is Cc1nnc(CN=C(NCc2cccs2)NCC(c2ccco2)N2CCCC2)n1C. The normalized spacial score (nSPS) is 16.1. The smallest absolute Gasteiger partial charge is 0.192 e. The number of hydrogen-bond donors (Lipinski definition) is 2. The Bertz CT molecular complexity index is 927. The number of nitrogens with zero attached hydrogens (tertiary/aromatic N) is 5. The molecule has 1 aliphatic rings. The molecule has 0 aromatic carbocycles. The van der Waals surface area contributed by atoms with Crippen LogP contribution in [0.1, 0.15) is 41.2 Å². The average molecular weight is 428 g/mol. The summed E-state index contributed by atoms with van der Waals surface area (Å²) in [6.45, 7) is 6.06. The second-order valence-corrected chi connectivity index (χ2v) is 8.51. The summed E-state index contributed by atoms with van der Waals surface area (Å²) in [6, 6.07) is 8.39. The number of likely N-dealkylation sites (tertiary alicyclic amines) is 1. The molecule has 1 unspecified atom stereocenters. The maximum atomic E-state index is 5.75. The van der Waals surface area contributed by atoms with Crippen molar-refractivity contribution in [1.82, 2.24) is 30.3 Å². The average Bonchev–Trinajstić information content (AvgIpc) is 3.55. The third-order valence-electron chi connectivity index (χ3n) is 5.49. The van der Waals surface area contributed by atoms with Crippen molar-refractivity contribution in [1.29, 1.82) is 0 Å². The Hall–Kier alpha value is -2.65. The van der Waals surface area contributed by atoms with E-state index in [2.05, 4.69) is 49.3 Å². The zero-order valence-corrected chi connectivity index (χ0v) is 18.4. The summed E-state index contributed by atoms with van der Waals surface area (Å²) in [5.74, 6) is 3.48. The van der Waals surface area contributed by atoms with Crippen LogP contribution in [0.3, 0.4) is 0 Å². The van der Waals surface area contributed by atoms with Crippen molar-refractivity contribution in [3.05, 3.63) is 58.2 Å². The van der Waals surface area contributed by atoms with Crippen LogP contribution in [0.15, 0.2) is 45.3 Å². The summed E-state index contributed by atoms with van der Waals surface area (Å²) < 4.78 is 7.71. The highest BCUT2D eigenvalue weighted by molar-refractivity contribution is 7.09. The van der Waals surface area contributed by atoms with Crippen LogP contribution in [0.5, 0.6) is 0 Å². The summed E-state index contributed by atoms with van der Waals surface area (Å²) in [6.07, 6.45) is 4.22. The number of furan rings is 1. The van der Waals surface area contributed by atoms with Gasteiger partial charge in [0.2, 0.25) is 0 Å². The van der Waals surface area contributed by atoms with Crippen molar-refractivity contribution in [2.45, 2.75) is 38.9 Å². The molecule has 2 N–H and O–H groups in total. The third kappa shape index (κ3) is 5.09. The monoisotopic (exact) mass is 427 g/mol. The van der Waals surface area contributed by atoms with E-state index in [0.717, 1.165) is 49.5 Å². The standard InChI is InChI=1S/C21H29N7OS/c1-16-25-26-20(27(16)2)15-24-21(22-13-17-7-6-12-30-17)23-14-18(19-8-5-11-29-19)28-9-3-4-10-28/h5-8,11-12,18H,3-4,9-10,13-15H2,1-2H3,(H2,22,23,24). The molecule has 0 radical (unpaired) electrons. The van der Waals surface area contributed by atoms with Gasteiger partial charge in [0, 0.05) is 18.5 Å². The maximum Gasteiger partial charge on any atom is 0.192 e. The highest BCUT2D eigenvalue weighted by atomic mass is 32.1. The first-order chi connectivity index (χ1) is 14.7. The molecule has 4 rings (SSSR count). The fourth-order valence-corrected chi connectivity index (χ4v) is 4.28. The van der Waals surface area contributed by atoms with Crippen LogP contribution in [0.2, 0.25) is 0 Å². The van der Waals surface area contributed by atoms with Crippen LogP contribution in [0, 0.1) is 6.92 Å². The fourth-order valence-electron chi connectivity index (χ4n) is 3.63. The number of nitrogens with one attached hydrogen (secondary N) is 2. The molecule has 3 aromatic heterocycles. The summed E-state index contributed by atoms with van der Waals surface area (Å²) in [5, 5.41) is 17.4. The van der Waals surface area contributed by atoms with Crippen LogP contribution in [0.4, 0.5) is 0 Å². The Morgan fingerprint density at radius 2 is 2.10 bits per heavy atom. The van der Waals surface area contributed by atoms with Crippen LogP contribution in [-0.4, -0.2) is 45.3 Å². The van der Waals surface area contributed by atoms with Crippen molar-refractivity contribution in [3.8, 4) is 0 Å². The number of rotatable bonds is 8. The lowest BCUT2D eigenvalue weighted by molar-refractivity contribution is 0.215. The van der Waals surface area contributed by atoms with Crippen molar-refractivity contribution in [2.24, 2.45) is 12.0 Å². The van der Waals surface area contributed by atoms with Gasteiger partial charge in [0.15, 0.2) is 11.8 Å². The zero-order chi connectivity index (χ0) is 20.8. The van der Waals surface area contributed by atoms with Gasteiger partial charge in [0.25, 0.3) is 0 Å². The Kier molecular flexibility index (Phi) is 6.81. The molecule has 0 aliphatic carbocycles. The van der Waals surface area contributed by atoms with Crippen molar-refractivity contribution >= 4 is 17.3 Å². The summed E-state index contributed by atoms with van der Waals surface area (Å²) >= 11 is 1.73. The van der Waals surface area contributed by atoms with Gasteiger partial charge in [0.05, 0.1) is 18.8 Å². The van der Waals surface area contributed by atoms with E-state index >= 15 is 0 Å². The molecule has 30 heavy (non-hydrogen) atoms. The molecule has 1 saturated heterocycles. The topological polar surface area (TPSA) is 83.5 Å². The lowest BCUT2D eigenvalue weighted by Gasteiger charge is -2.26. The molecule has 3 aromatic rings. The molecule has 1 fully saturated rings. The zero-order valence-electron chi connectivity index (χ0n) is 17.5. The van der Waals surface area contributed by atoms with Gasteiger partial charge < -0.3 is 19.6 Å². The second kappa shape index (κ2) is 9.90. The van der Waals surface area contributed by atoms with Gasteiger partial charge in [0.1, 0.15) is 18.1 Å². The molecule has 0 saturated carbocycles. The van der Waals surface area contributed by atoms with Gasteiger partial charge >= 0.3 is 0 Å². The van der Waals surface area contributed by atoms with Crippen LogP contribution in [0.25, 0.3) is 0 Å². The Morgan fingerprint density at radius 1 is 1.23 bits per heavy atom. The molecule has 1 atom stereocenters. The van der Waals surface area contributed by atoms with Crippen molar-refractivity contribution in [2.75, 3.05) is 19.6 Å². The van der Waals surface area contributed by atoms with Crippen molar-refractivity contribution in [3.63, 3.8) is 0 Å². The lowest BCUT2D eigenvalue weighted by atomic mass is 10.2. The van der Waals surface area contributed by atoms with Crippen molar-refractivity contribution < 1.29 is 4.42 Å². The maximum absolute atomic E-state index is 5.75. The first kappa shape index (κ1) is 20.6. The van der Waals surface area contributed by atoms with E-state index in [-0.39, 0.29) is 6.04 Å².